The number of halogens is 1. The minimum Gasteiger partial charge on any atom is -0.369 e. The Bertz CT molecular complexity index is 806. The maximum Gasteiger partial charge on any atom is 0.237 e. The lowest BCUT2D eigenvalue weighted by molar-refractivity contribution is -0.115. The summed E-state index contributed by atoms with van der Waals surface area (Å²) >= 11 is 1.69. The van der Waals surface area contributed by atoms with Gasteiger partial charge in [-0.05, 0) is 55.8 Å². The first kappa shape index (κ1) is 19.3. The van der Waals surface area contributed by atoms with Crippen molar-refractivity contribution in [2.75, 3.05) is 42.9 Å². The Morgan fingerprint density at radius 2 is 1.75 bits per heavy atom. The molecule has 4 nitrogen and oxygen atoms in total. The molecule has 0 aliphatic carbocycles. The highest BCUT2D eigenvalue weighted by atomic mass is 32.2. The van der Waals surface area contributed by atoms with E-state index in [9.17, 15) is 9.18 Å². The summed E-state index contributed by atoms with van der Waals surface area (Å²) in [5.74, 6) is -0.0488. The number of piperazine rings is 1. The number of hydrogen-bond donors (Lipinski definition) is 1. The molecule has 1 unspecified atom stereocenters. The van der Waals surface area contributed by atoms with Crippen LogP contribution in [0, 0.1) is 5.82 Å². The number of carbonyl (C=O) groups excluding carboxylic acids is 1. The van der Waals surface area contributed by atoms with Crippen LogP contribution in [0.1, 0.15) is 19.3 Å². The maximum absolute atomic E-state index is 13.1. The van der Waals surface area contributed by atoms with E-state index in [2.05, 4.69) is 21.2 Å². The molecule has 2 aromatic carbocycles. The van der Waals surface area contributed by atoms with E-state index >= 15 is 0 Å². The Hall–Kier alpha value is -2.05. The molecule has 0 spiro atoms. The second-order valence-electron chi connectivity index (χ2n) is 7.39. The van der Waals surface area contributed by atoms with Gasteiger partial charge in [-0.2, -0.15) is 0 Å². The van der Waals surface area contributed by atoms with E-state index in [1.807, 2.05) is 30.3 Å². The summed E-state index contributed by atoms with van der Waals surface area (Å²) in [6, 6.07) is 14.8. The molecule has 0 aromatic heterocycles. The highest BCUT2D eigenvalue weighted by Crippen LogP contribution is 2.37. The lowest BCUT2D eigenvalue weighted by Crippen LogP contribution is -2.46. The molecule has 0 bridgehead atoms. The lowest BCUT2D eigenvalue weighted by Gasteiger charge is -2.36. The molecule has 1 fully saturated rings. The number of carbonyl (C=O) groups is 1. The molecular weight excluding hydrogens is 373 g/mol. The van der Waals surface area contributed by atoms with Crippen LogP contribution in [0.2, 0.25) is 0 Å². The van der Waals surface area contributed by atoms with Gasteiger partial charge in [-0.15, -0.1) is 11.8 Å². The highest BCUT2D eigenvalue weighted by Gasteiger charge is 2.26. The molecule has 1 saturated heterocycles. The average Bonchev–Trinajstić information content (AvgIpc) is 2.72. The molecule has 2 aromatic rings. The SMILES string of the molecule is O=C1Nc2ccccc2SC1CCCCN1CCN(c2ccc(F)cc2)CC1. The van der Waals surface area contributed by atoms with Crippen LogP contribution in [0.3, 0.4) is 0 Å². The zero-order valence-electron chi connectivity index (χ0n) is 15.9. The summed E-state index contributed by atoms with van der Waals surface area (Å²) in [6.45, 7) is 5.09. The molecule has 2 heterocycles. The molecule has 2 aliphatic heterocycles. The standard InChI is InChI=1S/C22H26FN3OS/c23-17-8-10-18(11-9-17)26-15-13-25(14-16-26)12-4-3-7-21-22(27)24-19-5-1-2-6-20(19)28-21/h1-2,5-6,8-11,21H,3-4,7,12-16H2,(H,24,27). The fraction of sp³-hybridized carbons (Fsp3) is 0.409. The summed E-state index contributed by atoms with van der Waals surface area (Å²) < 4.78 is 13.1. The van der Waals surface area contributed by atoms with Gasteiger partial charge in [-0.3, -0.25) is 9.69 Å². The number of nitrogens with zero attached hydrogens (tertiary/aromatic N) is 2. The summed E-state index contributed by atoms with van der Waals surface area (Å²) in [4.78, 5) is 18.2. The zero-order valence-corrected chi connectivity index (χ0v) is 16.8. The van der Waals surface area contributed by atoms with E-state index in [0.717, 1.165) is 63.4 Å². The molecule has 0 radical (unpaired) electrons. The second kappa shape index (κ2) is 8.97. The van der Waals surface area contributed by atoms with Crippen molar-refractivity contribution in [3.63, 3.8) is 0 Å². The predicted octanol–water partition coefficient (Wildman–Crippen LogP) is 4.23. The van der Waals surface area contributed by atoms with Gasteiger partial charge in [0.1, 0.15) is 5.82 Å². The number of amides is 1. The minimum atomic E-state index is -0.185. The third kappa shape index (κ3) is 4.67. The van der Waals surface area contributed by atoms with E-state index in [0.29, 0.717) is 0 Å². The quantitative estimate of drug-likeness (QED) is 0.738. The number of thioether (sulfide) groups is 1. The van der Waals surface area contributed by atoms with Gasteiger partial charge in [0.15, 0.2) is 0 Å². The van der Waals surface area contributed by atoms with Crippen molar-refractivity contribution in [3.05, 3.63) is 54.3 Å². The van der Waals surface area contributed by atoms with Gasteiger partial charge < -0.3 is 10.2 Å². The minimum absolute atomic E-state index is 0.0187. The second-order valence-corrected chi connectivity index (χ2v) is 8.64. The fourth-order valence-electron chi connectivity index (χ4n) is 3.83. The largest absolute Gasteiger partial charge is 0.369 e. The third-order valence-corrected chi connectivity index (χ3v) is 6.81. The number of unbranched alkanes of at least 4 members (excludes halogenated alkanes) is 1. The normalized spacial score (nSPS) is 20.0. The van der Waals surface area contributed by atoms with Crippen LogP contribution in [0.15, 0.2) is 53.4 Å². The summed E-state index contributed by atoms with van der Waals surface area (Å²) in [5, 5.41) is 3.04. The topological polar surface area (TPSA) is 35.6 Å². The Balaban J connectivity index is 1.17. The Labute approximate surface area is 170 Å². The first-order valence-electron chi connectivity index (χ1n) is 9.98. The van der Waals surface area contributed by atoms with Crippen molar-refractivity contribution in [2.45, 2.75) is 29.4 Å². The van der Waals surface area contributed by atoms with Crippen molar-refractivity contribution in [3.8, 4) is 0 Å². The van der Waals surface area contributed by atoms with Crippen molar-refractivity contribution in [1.82, 2.24) is 4.90 Å². The van der Waals surface area contributed by atoms with Gasteiger partial charge in [0.05, 0.1) is 10.9 Å². The Kier molecular flexibility index (Phi) is 6.17. The van der Waals surface area contributed by atoms with E-state index in [4.69, 9.17) is 0 Å². The van der Waals surface area contributed by atoms with Crippen molar-refractivity contribution in [1.29, 1.82) is 0 Å². The number of nitrogens with one attached hydrogen (secondary N) is 1. The number of benzene rings is 2. The molecule has 6 heteroatoms. The van der Waals surface area contributed by atoms with Crippen LogP contribution in [0.25, 0.3) is 0 Å². The molecule has 148 valence electrons. The smallest absolute Gasteiger partial charge is 0.237 e. The lowest BCUT2D eigenvalue weighted by atomic mass is 10.1. The van der Waals surface area contributed by atoms with Crippen LogP contribution in [-0.4, -0.2) is 48.8 Å². The summed E-state index contributed by atoms with van der Waals surface area (Å²) in [5.41, 5.74) is 2.04. The van der Waals surface area contributed by atoms with Crippen LogP contribution in [0.5, 0.6) is 0 Å². The zero-order chi connectivity index (χ0) is 19.3. The molecule has 4 rings (SSSR count). The van der Waals surface area contributed by atoms with E-state index < -0.39 is 0 Å². The van der Waals surface area contributed by atoms with Crippen LogP contribution >= 0.6 is 11.8 Å². The van der Waals surface area contributed by atoms with Gasteiger partial charge >= 0.3 is 0 Å². The van der Waals surface area contributed by atoms with Crippen molar-refractivity contribution < 1.29 is 9.18 Å². The number of anilines is 2. The highest BCUT2D eigenvalue weighted by molar-refractivity contribution is 8.01. The Morgan fingerprint density at radius 1 is 1.00 bits per heavy atom. The summed E-state index contributed by atoms with van der Waals surface area (Å²) in [7, 11) is 0. The van der Waals surface area contributed by atoms with E-state index in [1.54, 1.807) is 11.8 Å². The van der Waals surface area contributed by atoms with Gasteiger partial charge in [0.2, 0.25) is 5.91 Å². The van der Waals surface area contributed by atoms with Crippen LogP contribution in [0.4, 0.5) is 15.8 Å². The first-order valence-corrected chi connectivity index (χ1v) is 10.9. The molecular formula is C22H26FN3OS. The monoisotopic (exact) mass is 399 g/mol. The maximum atomic E-state index is 13.1. The van der Waals surface area contributed by atoms with Gasteiger partial charge in [0, 0.05) is 36.8 Å². The number of fused-ring (bicyclic) bond motifs is 1. The molecule has 1 N–H and O–H groups in total. The third-order valence-electron chi connectivity index (χ3n) is 5.46. The first-order chi connectivity index (χ1) is 13.7. The Morgan fingerprint density at radius 3 is 2.54 bits per heavy atom. The number of hydrogen-bond acceptors (Lipinski definition) is 4. The molecule has 2 aliphatic rings. The van der Waals surface area contributed by atoms with Crippen molar-refractivity contribution in [2.24, 2.45) is 0 Å². The van der Waals surface area contributed by atoms with Gasteiger partial charge in [-0.1, -0.05) is 18.6 Å². The number of rotatable bonds is 6. The average molecular weight is 400 g/mol. The van der Waals surface area contributed by atoms with Gasteiger partial charge in [-0.25, -0.2) is 4.39 Å². The van der Waals surface area contributed by atoms with Gasteiger partial charge in [0.25, 0.3) is 0 Å². The number of para-hydroxylation sites is 1. The molecule has 1 amide bonds. The van der Waals surface area contributed by atoms with Crippen molar-refractivity contribution >= 4 is 29.0 Å². The van der Waals surface area contributed by atoms with E-state index in [-0.39, 0.29) is 17.0 Å². The molecule has 0 saturated carbocycles. The van der Waals surface area contributed by atoms with Crippen LogP contribution < -0.4 is 10.2 Å². The van der Waals surface area contributed by atoms with E-state index in [1.165, 1.54) is 17.0 Å². The molecule has 28 heavy (non-hydrogen) atoms. The fourth-order valence-corrected chi connectivity index (χ4v) is 4.99. The predicted molar refractivity (Wildman–Crippen MR) is 114 cm³/mol. The summed E-state index contributed by atoms with van der Waals surface area (Å²) in [6.07, 6.45) is 3.09. The molecule has 1 atom stereocenters. The van der Waals surface area contributed by atoms with Crippen LogP contribution in [-0.2, 0) is 4.79 Å².